The van der Waals surface area contributed by atoms with Crippen LogP contribution in [0.25, 0.3) is 0 Å². The van der Waals surface area contributed by atoms with E-state index in [2.05, 4.69) is 10.2 Å². The van der Waals surface area contributed by atoms with Crippen molar-refractivity contribution < 1.29 is 14.6 Å². The van der Waals surface area contributed by atoms with Crippen LogP contribution in [-0.2, 0) is 0 Å². The standard InChI is InChI=1S/C18H27N3O3/c22-18(23)21-11-7-16(8-12-21)19-15-3-5-17(6-4-15)24-14-13-20-9-1-2-10-20/h3-6,16,19H,1-2,7-14H2,(H,22,23). The Kier molecular flexibility index (Phi) is 5.80. The molecule has 0 radical (unpaired) electrons. The minimum absolute atomic E-state index is 0.336. The molecule has 0 saturated carbocycles. The molecule has 0 bridgehead atoms. The molecule has 0 aliphatic carbocycles. The van der Waals surface area contributed by atoms with E-state index in [0.717, 1.165) is 37.4 Å². The lowest BCUT2D eigenvalue weighted by Crippen LogP contribution is -2.41. The zero-order chi connectivity index (χ0) is 16.8. The molecule has 3 rings (SSSR count). The molecule has 6 nitrogen and oxygen atoms in total. The van der Waals surface area contributed by atoms with Crippen molar-refractivity contribution in [2.75, 3.05) is 44.6 Å². The Labute approximate surface area is 143 Å². The van der Waals surface area contributed by atoms with Crippen LogP contribution in [0.2, 0.25) is 0 Å². The van der Waals surface area contributed by atoms with Gasteiger partial charge in [-0.15, -0.1) is 0 Å². The van der Waals surface area contributed by atoms with Crippen LogP contribution >= 0.6 is 0 Å². The summed E-state index contributed by atoms with van der Waals surface area (Å²) in [5.41, 5.74) is 1.07. The highest BCUT2D eigenvalue weighted by Crippen LogP contribution is 2.20. The van der Waals surface area contributed by atoms with E-state index in [-0.39, 0.29) is 0 Å². The highest BCUT2D eigenvalue weighted by atomic mass is 16.5. The molecule has 2 N–H and O–H groups in total. The molecule has 1 amide bonds. The second-order valence-electron chi connectivity index (χ2n) is 6.61. The van der Waals surface area contributed by atoms with E-state index in [1.807, 2.05) is 24.3 Å². The Hall–Kier alpha value is -1.95. The Morgan fingerprint density at radius 2 is 1.79 bits per heavy atom. The molecule has 24 heavy (non-hydrogen) atoms. The molecule has 0 spiro atoms. The molecular formula is C18H27N3O3. The zero-order valence-electron chi connectivity index (χ0n) is 14.1. The van der Waals surface area contributed by atoms with Crippen LogP contribution < -0.4 is 10.1 Å². The van der Waals surface area contributed by atoms with Crippen molar-refractivity contribution in [3.8, 4) is 5.75 Å². The van der Waals surface area contributed by atoms with Gasteiger partial charge in [-0.1, -0.05) is 0 Å². The van der Waals surface area contributed by atoms with Crippen LogP contribution in [0.1, 0.15) is 25.7 Å². The van der Waals surface area contributed by atoms with Crippen LogP contribution in [0, 0.1) is 0 Å². The molecule has 0 unspecified atom stereocenters. The number of amides is 1. The average molecular weight is 333 g/mol. The molecule has 2 heterocycles. The molecule has 132 valence electrons. The number of piperidine rings is 1. The van der Waals surface area contributed by atoms with Crippen molar-refractivity contribution in [3.05, 3.63) is 24.3 Å². The Bertz CT molecular complexity index is 521. The summed E-state index contributed by atoms with van der Waals surface area (Å²) in [5, 5.41) is 12.5. The maximum atomic E-state index is 10.9. The summed E-state index contributed by atoms with van der Waals surface area (Å²) in [4.78, 5) is 14.8. The van der Waals surface area contributed by atoms with Gasteiger partial charge in [-0.25, -0.2) is 4.79 Å². The molecule has 2 fully saturated rings. The van der Waals surface area contributed by atoms with E-state index < -0.39 is 6.09 Å². The molecule has 2 aliphatic rings. The predicted molar refractivity (Wildman–Crippen MR) is 93.9 cm³/mol. The third-order valence-electron chi connectivity index (χ3n) is 4.87. The average Bonchev–Trinajstić information content (AvgIpc) is 3.10. The maximum absolute atomic E-state index is 10.9. The second-order valence-corrected chi connectivity index (χ2v) is 6.61. The quantitative estimate of drug-likeness (QED) is 0.838. The van der Waals surface area contributed by atoms with E-state index in [1.165, 1.54) is 30.8 Å². The second kappa shape index (κ2) is 8.24. The smallest absolute Gasteiger partial charge is 0.407 e. The van der Waals surface area contributed by atoms with Crippen LogP contribution in [0.15, 0.2) is 24.3 Å². The lowest BCUT2D eigenvalue weighted by Gasteiger charge is -2.31. The van der Waals surface area contributed by atoms with Gasteiger partial charge in [-0.05, 0) is 63.0 Å². The number of hydrogen-bond donors (Lipinski definition) is 2. The summed E-state index contributed by atoms with van der Waals surface area (Å²) < 4.78 is 5.81. The number of rotatable bonds is 6. The normalized spacial score (nSPS) is 19.4. The minimum Gasteiger partial charge on any atom is -0.492 e. The molecule has 0 atom stereocenters. The van der Waals surface area contributed by atoms with E-state index in [9.17, 15) is 4.79 Å². The van der Waals surface area contributed by atoms with Gasteiger partial charge in [0.25, 0.3) is 0 Å². The lowest BCUT2D eigenvalue weighted by atomic mass is 10.1. The molecular weight excluding hydrogens is 306 g/mol. The van der Waals surface area contributed by atoms with E-state index in [0.29, 0.717) is 19.1 Å². The van der Waals surface area contributed by atoms with Crippen molar-refractivity contribution >= 4 is 11.8 Å². The summed E-state index contributed by atoms with van der Waals surface area (Å²) in [6.45, 7) is 5.35. The number of carbonyl (C=O) groups is 1. The first-order valence-electron chi connectivity index (χ1n) is 8.90. The third kappa shape index (κ3) is 4.77. The van der Waals surface area contributed by atoms with Gasteiger partial charge in [0.15, 0.2) is 0 Å². The van der Waals surface area contributed by atoms with Crippen LogP contribution in [0.3, 0.4) is 0 Å². The largest absolute Gasteiger partial charge is 0.492 e. The van der Waals surface area contributed by atoms with Crippen molar-refractivity contribution in [2.45, 2.75) is 31.7 Å². The number of ether oxygens (including phenoxy) is 1. The van der Waals surface area contributed by atoms with Gasteiger partial charge in [0.05, 0.1) is 0 Å². The highest BCUT2D eigenvalue weighted by Gasteiger charge is 2.21. The topological polar surface area (TPSA) is 65.0 Å². The zero-order valence-corrected chi connectivity index (χ0v) is 14.1. The number of nitrogens with one attached hydrogen (secondary N) is 1. The summed E-state index contributed by atoms with van der Waals surface area (Å²) >= 11 is 0. The molecule has 1 aromatic rings. The van der Waals surface area contributed by atoms with Crippen LogP contribution in [0.5, 0.6) is 5.75 Å². The van der Waals surface area contributed by atoms with E-state index in [4.69, 9.17) is 9.84 Å². The highest BCUT2D eigenvalue weighted by molar-refractivity contribution is 5.65. The van der Waals surface area contributed by atoms with Gasteiger partial charge in [0, 0.05) is 31.4 Å². The fraction of sp³-hybridized carbons (Fsp3) is 0.611. The molecule has 6 heteroatoms. The monoisotopic (exact) mass is 333 g/mol. The van der Waals surface area contributed by atoms with Crippen LogP contribution in [0.4, 0.5) is 10.5 Å². The van der Waals surface area contributed by atoms with Crippen molar-refractivity contribution in [3.63, 3.8) is 0 Å². The Morgan fingerprint density at radius 3 is 2.42 bits per heavy atom. The fourth-order valence-corrected chi connectivity index (χ4v) is 3.40. The molecule has 2 aliphatic heterocycles. The number of hydrogen-bond acceptors (Lipinski definition) is 4. The number of benzene rings is 1. The molecule has 2 saturated heterocycles. The number of carboxylic acid groups (broad SMARTS) is 1. The van der Waals surface area contributed by atoms with Gasteiger partial charge in [0.2, 0.25) is 0 Å². The van der Waals surface area contributed by atoms with Crippen LogP contribution in [-0.4, -0.2) is 66.4 Å². The lowest BCUT2D eigenvalue weighted by molar-refractivity contribution is 0.134. The van der Waals surface area contributed by atoms with Gasteiger partial charge in [-0.3, -0.25) is 4.90 Å². The number of likely N-dealkylation sites (tertiary alicyclic amines) is 2. The van der Waals surface area contributed by atoms with Crippen molar-refractivity contribution in [1.29, 1.82) is 0 Å². The SMILES string of the molecule is O=C(O)N1CCC(Nc2ccc(OCCN3CCCC3)cc2)CC1. The van der Waals surface area contributed by atoms with Gasteiger partial charge in [0.1, 0.15) is 12.4 Å². The number of nitrogens with zero attached hydrogens (tertiary/aromatic N) is 2. The first-order chi connectivity index (χ1) is 11.7. The van der Waals surface area contributed by atoms with Gasteiger partial charge >= 0.3 is 6.09 Å². The van der Waals surface area contributed by atoms with E-state index in [1.54, 1.807) is 0 Å². The predicted octanol–water partition coefficient (Wildman–Crippen LogP) is 2.72. The van der Waals surface area contributed by atoms with Gasteiger partial charge < -0.3 is 20.1 Å². The Balaban J connectivity index is 1.39. The summed E-state index contributed by atoms with van der Waals surface area (Å²) in [5.74, 6) is 0.903. The first-order valence-corrected chi connectivity index (χ1v) is 8.90. The van der Waals surface area contributed by atoms with Crippen molar-refractivity contribution in [2.24, 2.45) is 0 Å². The minimum atomic E-state index is -0.816. The van der Waals surface area contributed by atoms with Crippen molar-refractivity contribution in [1.82, 2.24) is 9.80 Å². The van der Waals surface area contributed by atoms with Gasteiger partial charge in [-0.2, -0.15) is 0 Å². The third-order valence-corrected chi connectivity index (χ3v) is 4.87. The summed E-state index contributed by atoms with van der Waals surface area (Å²) in [7, 11) is 0. The fourth-order valence-electron chi connectivity index (χ4n) is 3.40. The molecule has 0 aromatic heterocycles. The van der Waals surface area contributed by atoms with E-state index >= 15 is 0 Å². The number of anilines is 1. The first kappa shape index (κ1) is 16.9. The molecule has 1 aromatic carbocycles. The Morgan fingerprint density at radius 1 is 1.12 bits per heavy atom. The summed E-state index contributed by atoms with van der Waals surface area (Å²) in [6, 6.07) is 8.41. The summed E-state index contributed by atoms with van der Waals surface area (Å²) in [6.07, 6.45) is 3.50. The maximum Gasteiger partial charge on any atom is 0.407 e.